The predicted octanol–water partition coefficient (Wildman–Crippen LogP) is 1.79. The van der Waals surface area contributed by atoms with Gasteiger partial charge >= 0.3 is 5.97 Å². The van der Waals surface area contributed by atoms with E-state index in [9.17, 15) is 9.59 Å². The molecule has 0 radical (unpaired) electrons. The van der Waals surface area contributed by atoms with Crippen molar-refractivity contribution in [1.82, 2.24) is 15.2 Å². The summed E-state index contributed by atoms with van der Waals surface area (Å²) in [5.74, 6) is -0.894. The Morgan fingerprint density at radius 2 is 1.81 bits per heavy atom. The molecule has 3 rings (SSSR count). The highest BCUT2D eigenvalue weighted by Gasteiger charge is 2.17. The molecule has 0 aliphatic heterocycles. The van der Waals surface area contributed by atoms with Crippen LogP contribution in [0.15, 0.2) is 51.7 Å². The van der Waals surface area contributed by atoms with E-state index in [2.05, 4.69) is 15.2 Å². The maximum absolute atomic E-state index is 11.3. The first-order valence-corrected chi connectivity index (χ1v) is 6.01. The van der Waals surface area contributed by atoms with Gasteiger partial charge in [0.25, 0.3) is 5.89 Å². The van der Waals surface area contributed by atoms with Gasteiger partial charge in [-0.15, -0.1) is 10.2 Å². The lowest BCUT2D eigenvalue weighted by Gasteiger charge is -2.00. The van der Waals surface area contributed by atoms with Crippen LogP contribution in [-0.4, -0.2) is 26.3 Å². The molecule has 7 heteroatoms. The number of carboxylic acid groups (broad SMARTS) is 1. The second kappa shape index (κ2) is 5.04. The topological polar surface area (TPSA) is 109 Å². The number of carbonyl (C=O) groups is 1. The highest BCUT2D eigenvalue weighted by atomic mass is 16.4. The highest BCUT2D eigenvalue weighted by molar-refractivity contribution is 5.94. The van der Waals surface area contributed by atoms with Crippen molar-refractivity contribution in [3.8, 4) is 23.0 Å². The molecule has 0 saturated carbocycles. The summed E-state index contributed by atoms with van der Waals surface area (Å²) in [4.78, 5) is 25.0. The summed E-state index contributed by atoms with van der Waals surface area (Å²) in [5, 5.41) is 16.8. The monoisotopic (exact) mass is 283 g/mol. The number of benzene rings is 1. The Morgan fingerprint density at radius 1 is 1.05 bits per heavy atom. The molecule has 0 aliphatic rings. The molecule has 3 aromatic rings. The molecule has 2 aromatic heterocycles. The lowest BCUT2D eigenvalue weighted by molar-refractivity contribution is 0.0697. The predicted molar refractivity (Wildman–Crippen MR) is 72.8 cm³/mol. The van der Waals surface area contributed by atoms with Gasteiger partial charge in [0.15, 0.2) is 0 Å². The van der Waals surface area contributed by atoms with Crippen molar-refractivity contribution in [2.24, 2.45) is 0 Å². The Morgan fingerprint density at radius 3 is 2.57 bits per heavy atom. The van der Waals surface area contributed by atoms with Gasteiger partial charge < -0.3 is 14.5 Å². The average Bonchev–Trinajstić information content (AvgIpc) is 2.97. The number of aromatic amines is 1. The molecule has 21 heavy (non-hydrogen) atoms. The van der Waals surface area contributed by atoms with E-state index < -0.39 is 5.97 Å². The molecule has 0 bridgehead atoms. The van der Waals surface area contributed by atoms with Gasteiger partial charge in [-0.1, -0.05) is 18.2 Å². The molecule has 2 N–H and O–H groups in total. The normalized spacial score (nSPS) is 10.5. The summed E-state index contributed by atoms with van der Waals surface area (Å²) in [6.45, 7) is 0. The third-order valence-electron chi connectivity index (χ3n) is 2.81. The fourth-order valence-electron chi connectivity index (χ4n) is 1.87. The number of aromatic nitrogens is 3. The van der Waals surface area contributed by atoms with Crippen LogP contribution in [0.4, 0.5) is 0 Å². The average molecular weight is 283 g/mol. The van der Waals surface area contributed by atoms with Crippen LogP contribution in [0.5, 0.6) is 0 Å². The van der Waals surface area contributed by atoms with E-state index >= 15 is 0 Å². The number of nitrogens with one attached hydrogen (secondary N) is 1. The Balaban J connectivity index is 2.07. The Hall–Kier alpha value is -3.22. The van der Waals surface area contributed by atoms with Gasteiger partial charge in [0.1, 0.15) is 5.69 Å². The number of pyridine rings is 1. The Bertz CT molecular complexity index is 866. The fraction of sp³-hybridized carbons (Fsp3) is 0. The van der Waals surface area contributed by atoms with Crippen molar-refractivity contribution in [3.63, 3.8) is 0 Å². The molecule has 0 unspecified atom stereocenters. The lowest BCUT2D eigenvalue weighted by Crippen LogP contribution is -2.03. The summed E-state index contributed by atoms with van der Waals surface area (Å²) in [6.07, 6.45) is 0. The summed E-state index contributed by atoms with van der Waals surface area (Å²) >= 11 is 0. The van der Waals surface area contributed by atoms with Crippen LogP contribution < -0.4 is 5.56 Å². The minimum atomic E-state index is -1.08. The van der Waals surface area contributed by atoms with Crippen molar-refractivity contribution >= 4 is 5.97 Å². The first-order chi connectivity index (χ1) is 10.1. The van der Waals surface area contributed by atoms with E-state index in [-0.39, 0.29) is 22.9 Å². The number of hydrogen-bond acceptors (Lipinski definition) is 5. The van der Waals surface area contributed by atoms with Crippen LogP contribution >= 0.6 is 0 Å². The van der Waals surface area contributed by atoms with Gasteiger partial charge in [-0.05, 0) is 18.2 Å². The molecule has 7 nitrogen and oxygen atoms in total. The quantitative estimate of drug-likeness (QED) is 0.758. The number of carboxylic acids is 1. The van der Waals surface area contributed by atoms with Gasteiger partial charge in [0.2, 0.25) is 11.4 Å². The van der Waals surface area contributed by atoms with Gasteiger partial charge in [-0.25, -0.2) is 4.79 Å². The van der Waals surface area contributed by atoms with Gasteiger partial charge in [-0.2, -0.15) is 0 Å². The van der Waals surface area contributed by atoms with Crippen LogP contribution in [0, 0.1) is 0 Å². The maximum atomic E-state index is 11.3. The van der Waals surface area contributed by atoms with E-state index in [4.69, 9.17) is 9.52 Å². The van der Waals surface area contributed by atoms with Crippen molar-refractivity contribution in [1.29, 1.82) is 0 Å². The largest absolute Gasteiger partial charge is 0.478 e. The van der Waals surface area contributed by atoms with Crippen molar-refractivity contribution in [3.05, 3.63) is 58.4 Å². The van der Waals surface area contributed by atoms with E-state index in [1.165, 1.54) is 12.1 Å². The van der Waals surface area contributed by atoms with E-state index in [1.807, 2.05) is 0 Å². The summed E-state index contributed by atoms with van der Waals surface area (Å²) in [6, 6.07) is 10.8. The molecule has 0 fully saturated rings. The molecule has 104 valence electrons. The zero-order valence-electron chi connectivity index (χ0n) is 10.6. The van der Waals surface area contributed by atoms with E-state index in [0.717, 1.165) is 0 Å². The van der Waals surface area contributed by atoms with Crippen LogP contribution in [0.25, 0.3) is 23.0 Å². The van der Waals surface area contributed by atoms with Crippen LogP contribution in [0.2, 0.25) is 0 Å². The van der Waals surface area contributed by atoms with Crippen LogP contribution in [0.3, 0.4) is 0 Å². The van der Waals surface area contributed by atoms with Gasteiger partial charge in [-0.3, -0.25) is 4.79 Å². The van der Waals surface area contributed by atoms with E-state index in [1.54, 1.807) is 30.3 Å². The second-order valence-corrected chi connectivity index (χ2v) is 4.19. The van der Waals surface area contributed by atoms with Crippen molar-refractivity contribution in [2.45, 2.75) is 0 Å². The van der Waals surface area contributed by atoms with Crippen molar-refractivity contribution < 1.29 is 14.3 Å². The summed E-state index contributed by atoms with van der Waals surface area (Å²) in [7, 11) is 0. The van der Waals surface area contributed by atoms with E-state index in [0.29, 0.717) is 11.3 Å². The number of rotatable bonds is 3. The minimum Gasteiger partial charge on any atom is -0.478 e. The minimum absolute atomic E-state index is 0.0641. The maximum Gasteiger partial charge on any atom is 0.336 e. The molecule has 0 atom stereocenters. The molecule has 0 spiro atoms. The standard InChI is InChI=1S/C14H9N3O4/c18-11-7-3-6-10(15-11)13-17-16-12(21-13)8-4-1-2-5-9(8)14(19)20/h1-7H,(H,15,18)(H,19,20). The fourth-order valence-corrected chi connectivity index (χ4v) is 1.87. The Kier molecular flexibility index (Phi) is 3.07. The molecular formula is C14H9N3O4. The zero-order chi connectivity index (χ0) is 14.8. The number of hydrogen-bond donors (Lipinski definition) is 2. The molecule has 0 amide bonds. The molecule has 0 aliphatic carbocycles. The zero-order valence-corrected chi connectivity index (χ0v) is 10.6. The lowest BCUT2D eigenvalue weighted by atomic mass is 10.1. The summed E-state index contributed by atoms with van der Waals surface area (Å²) < 4.78 is 5.45. The Labute approximate surface area is 117 Å². The SMILES string of the molecule is O=C(O)c1ccccc1-c1nnc(-c2cccc(=O)[nH]2)o1. The molecule has 2 heterocycles. The number of aromatic carboxylic acids is 1. The first kappa shape index (κ1) is 12.8. The number of nitrogens with zero attached hydrogens (tertiary/aromatic N) is 2. The van der Waals surface area contributed by atoms with Crippen LogP contribution in [-0.2, 0) is 0 Å². The second-order valence-electron chi connectivity index (χ2n) is 4.19. The summed E-state index contributed by atoms with van der Waals surface area (Å²) in [5.41, 5.74) is 0.462. The third kappa shape index (κ3) is 2.44. The first-order valence-electron chi connectivity index (χ1n) is 6.01. The van der Waals surface area contributed by atoms with Gasteiger partial charge in [0, 0.05) is 6.07 Å². The number of H-pyrrole nitrogens is 1. The smallest absolute Gasteiger partial charge is 0.336 e. The van der Waals surface area contributed by atoms with Crippen LogP contribution in [0.1, 0.15) is 10.4 Å². The molecular weight excluding hydrogens is 274 g/mol. The van der Waals surface area contributed by atoms with Crippen molar-refractivity contribution in [2.75, 3.05) is 0 Å². The van der Waals surface area contributed by atoms with Gasteiger partial charge in [0.05, 0.1) is 11.1 Å². The highest BCUT2D eigenvalue weighted by Crippen LogP contribution is 2.25. The third-order valence-corrected chi connectivity index (χ3v) is 2.81. The molecule has 1 aromatic carbocycles. The molecule has 0 saturated heterocycles.